The molecular formula is C10H21N5O2. The van der Waals surface area contributed by atoms with Crippen LogP contribution in [0.2, 0.25) is 0 Å². The molecule has 0 saturated heterocycles. The van der Waals surface area contributed by atoms with E-state index in [1.54, 1.807) is 0 Å². The Morgan fingerprint density at radius 3 is 2.24 bits per heavy atom. The number of primary amides is 2. The van der Waals surface area contributed by atoms with E-state index in [0.717, 1.165) is 25.7 Å². The number of carbonyl (C=O) groups is 2. The van der Waals surface area contributed by atoms with Crippen molar-refractivity contribution < 1.29 is 9.59 Å². The van der Waals surface area contributed by atoms with Crippen LogP contribution in [0.3, 0.4) is 0 Å². The molecule has 0 atom stereocenters. The highest BCUT2D eigenvalue weighted by Gasteiger charge is 2.20. The third kappa shape index (κ3) is 8.21. The number of hydrazine groups is 1. The molecule has 0 aliphatic carbocycles. The number of amides is 2. The van der Waals surface area contributed by atoms with Gasteiger partial charge in [0.05, 0.1) is 6.34 Å². The summed E-state index contributed by atoms with van der Waals surface area (Å²) in [5, 5.41) is 0. The molecule has 7 N–H and O–H groups in total. The number of unbranched alkanes of at least 4 members (excludes halogenated alkanes) is 3. The zero-order chi connectivity index (χ0) is 13.1. The van der Waals surface area contributed by atoms with Crippen molar-refractivity contribution in [1.29, 1.82) is 0 Å². The lowest BCUT2D eigenvalue weighted by molar-refractivity contribution is -0.131. The molecule has 2 amide bonds. The number of nitrogens with zero attached hydrogens (tertiary/aromatic N) is 1. The first kappa shape index (κ1) is 15.4. The van der Waals surface area contributed by atoms with Crippen LogP contribution < -0.4 is 22.7 Å². The van der Waals surface area contributed by atoms with Crippen molar-refractivity contribution in [2.24, 2.45) is 28.2 Å². The summed E-state index contributed by atoms with van der Waals surface area (Å²) in [4.78, 5) is 25.7. The van der Waals surface area contributed by atoms with E-state index in [1.807, 2.05) is 0 Å². The Morgan fingerprint density at radius 1 is 1.12 bits per heavy atom. The van der Waals surface area contributed by atoms with E-state index >= 15 is 0 Å². The summed E-state index contributed by atoms with van der Waals surface area (Å²) in [6, 6.07) is 0. The van der Waals surface area contributed by atoms with Crippen LogP contribution in [0.25, 0.3) is 0 Å². The van der Waals surface area contributed by atoms with Crippen molar-refractivity contribution >= 4 is 18.2 Å². The number of nitrogens with one attached hydrogen (secondary N) is 1. The highest BCUT2D eigenvalue weighted by molar-refractivity contribution is 5.98. The smallest absolute Gasteiger partial charge is 0.229 e. The topological polar surface area (TPSA) is 137 Å². The predicted octanol–water partition coefficient (Wildman–Crippen LogP) is -0.985. The van der Waals surface area contributed by atoms with Gasteiger partial charge in [-0.2, -0.15) is 0 Å². The number of carbonyl (C=O) groups excluding carboxylic acids is 2. The molecule has 0 aliphatic rings. The van der Waals surface area contributed by atoms with Gasteiger partial charge in [-0.05, 0) is 12.8 Å². The van der Waals surface area contributed by atoms with Crippen molar-refractivity contribution in [3.05, 3.63) is 0 Å². The van der Waals surface area contributed by atoms with Gasteiger partial charge in [0.1, 0.15) is 5.92 Å². The fourth-order valence-corrected chi connectivity index (χ4v) is 1.45. The van der Waals surface area contributed by atoms with Gasteiger partial charge in [0.15, 0.2) is 0 Å². The summed E-state index contributed by atoms with van der Waals surface area (Å²) in [7, 11) is 0. The van der Waals surface area contributed by atoms with Crippen molar-refractivity contribution in [2.45, 2.75) is 32.1 Å². The Morgan fingerprint density at radius 2 is 1.71 bits per heavy atom. The highest BCUT2D eigenvalue weighted by atomic mass is 16.2. The molecule has 0 aromatic rings. The Kier molecular flexibility index (Phi) is 8.67. The van der Waals surface area contributed by atoms with Crippen molar-refractivity contribution in [3.8, 4) is 0 Å². The third-order valence-corrected chi connectivity index (χ3v) is 2.38. The van der Waals surface area contributed by atoms with Gasteiger partial charge in [0.25, 0.3) is 0 Å². The molecule has 0 unspecified atom stereocenters. The fourth-order valence-electron chi connectivity index (χ4n) is 1.45. The average Bonchev–Trinajstić information content (AvgIpc) is 2.26. The largest absolute Gasteiger partial charge is 0.369 e. The molecule has 0 bridgehead atoms. The van der Waals surface area contributed by atoms with Crippen LogP contribution in [0.15, 0.2) is 4.99 Å². The average molecular weight is 243 g/mol. The van der Waals surface area contributed by atoms with Gasteiger partial charge in [-0.15, -0.1) is 0 Å². The minimum Gasteiger partial charge on any atom is -0.369 e. The molecule has 0 aromatic carbocycles. The van der Waals surface area contributed by atoms with E-state index in [-0.39, 0.29) is 0 Å². The second-order valence-corrected chi connectivity index (χ2v) is 3.76. The molecule has 7 heteroatoms. The lowest BCUT2D eigenvalue weighted by Crippen LogP contribution is -2.34. The van der Waals surface area contributed by atoms with Crippen LogP contribution in [0, 0.1) is 5.92 Å². The SMILES string of the molecule is NNC=NCCCCCCC(C(N)=O)C(N)=O. The summed E-state index contributed by atoms with van der Waals surface area (Å²) in [6.45, 7) is 0.708. The maximum absolute atomic E-state index is 10.9. The maximum atomic E-state index is 10.9. The first-order valence-corrected chi connectivity index (χ1v) is 5.62. The van der Waals surface area contributed by atoms with E-state index in [9.17, 15) is 9.59 Å². The minimum atomic E-state index is -0.838. The Labute approximate surface area is 101 Å². The third-order valence-electron chi connectivity index (χ3n) is 2.38. The standard InChI is InChI=1S/C10H21N5O2/c11-9(16)8(10(12)17)5-3-1-2-4-6-14-7-15-13/h7-8H,1-6,13H2,(H2,11,16)(H2,12,17)(H,14,15). The molecule has 0 rings (SSSR count). The monoisotopic (exact) mass is 243 g/mol. The van der Waals surface area contributed by atoms with Crippen molar-refractivity contribution in [3.63, 3.8) is 0 Å². The van der Waals surface area contributed by atoms with Crippen LogP contribution in [-0.4, -0.2) is 24.7 Å². The molecule has 0 heterocycles. The Bertz CT molecular complexity index is 253. The van der Waals surface area contributed by atoms with Gasteiger partial charge in [0.2, 0.25) is 11.8 Å². The molecule has 0 spiro atoms. The van der Waals surface area contributed by atoms with Gasteiger partial charge in [-0.1, -0.05) is 19.3 Å². The summed E-state index contributed by atoms with van der Waals surface area (Å²) in [6.07, 6.45) is 5.47. The van der Waals surface area contributed by atoms with E-state index in [1.165, 1.54) is 6.34 Å². The van der Waals surface area contributed by atoms with E-state index in [0.29, 0.717) is 13.0 Å². The maximum Gasteiger partial charge on any atom is 0.229 e. The molecule has 0 fully saturated rings. The summed E-state index contributed by atoms with van der Waals surface area (Å²) in [5.41, 5.74) is 12.4. The molecule has 17 heavy (non-hydrogen) atoms. The first-order chi connectivity index (χ1) is 8.09. The van der Waals surface area contributed by atoms with Gasteiger partial charge in [-0.25, -0.2) is 5.84 Å². The van der Waals surface area contributed by atoms with Gasteiger partial charge in [-0.3, -0.25) is 14.6 Å². The molecule has 0 radical (unpaired) electrons. The molecular weight excluding hydrogens is 222 g/mol. The van der Waals surface area contributed by atoms with E-state index < -0.39 is 17.7 Å². The summed E-state index contributed by atoms with van der Waals surface area (Å²) in [5.74, 6) is 2.87. The zero-order valence-electron chi connectivity index (χ0n) is 9.89. The number of nitrogens with two attached hydrogens (primary N) is 3. The number of rotatable bonds is 10. The van der Waals surface area contributed by atoms with Crippen molar-refractivity contribution in [2.75, 3.05) is 6.54 Å². The van der Waals surface area contributed by atoms with Crippen LogP contribution >= 0.6 is 0 Å². The normalized spacial score (nSPS) is 10.9. The predicted molar refractivity (Wildman–Crippen MR) is 65.6 cm³/mol. The summed E-state index contributed by atoms with van der Waals surface area (Å²) < 4.78 is 0. The Balaban J connectivity index is 3.53. The minimum absolute atomic E-state index is 0.429. The first-order valence-electron chi connectivity index (χ1n) is 5.62. The Hall–Kier alpha value is -1.63. The van der Waals surface area contributed by atoms with Crippen LogP contribution in [-0.2, 0) is 9.59 Å². The number of aliphatic imine (C=N–C) groups is 1. The van der Waals surface area contributed by atoms with E-state index in [4.69, 9.17) is 17.3 Å². The van der Waals surface area contributed by atoms with Crippen LogP contribution in [0.1, 0.15) is 32.1 Å². The quantitative estimate of drug-likeness (QED) is 0.0978. The molecule has 0 aliphatic heterocycles. The van der Waals surface area contributed by atoms with Gasteiger partial charge >= 0.3 is 0 Å². The lowest BCUT2D eigenvalue weighted by atomic mass is 9.99. The van der Waals surface area contributed by atoms with Crippen LogP contribution in [0.4, 0.5) is 0 Å². The van der Waals surface area contributed by atoms with Crippen molar-refractivity contribution in [1.82, 2.24) is 5.43 Å². The highest BCUT2D eigenvalue weighted by Crippen LogP contribution is 2.10. The molecule has 0 aromatic heterocycles. The lowest BCUT2D eigenvalue weighted by Gasteiger charge is -2.08. The molecule has 7 nitrogen and oxygen atoms in total. The fraction of sp³-hybridized carbons (Fsp3) is 0.700. The molecule has 98 valence electrons. The van der Waals surface area contributed by atoms with E-state index in [2.05, 4.69) is 10.4 Å². The van der Waals surface area contributed by atoms with Crippen LogP contribution in [0.5, 0.6) is 0 Å². The van der Waals surface area contributed by atoms with Gasteiger partial charge < -0.3 is 16.9 Å². The molecule has 0 saturated carbocycles. The number of hydrogen-bond acceptors (Lipinski definition) is 4. The second-order valence-electron chi connectivity index (χ2n) is 3.76. The van der Waals surface area contributed by atoms with Gasteiger partial charge in [0, 0.05) is 6.54 Å². The number of hydrogen-bond donors (Lipinski definition) is 4. The zero-order valence-corrected chi connectivity index (χ0v) is 9.89. The summed E-state index contributed by atoms with van der Waals surface area (Å²) >= 11 is 0. The second kappa shape index (κ2) is 9.59.